The standard InChI is InChI=1S/C25H20N2O2/c1-29-22-15-9-8-14-20(22)23-21(17-16-18-10-4-2-5-11-18)25(28)27-26-24(23)19-12-6-3-7-13-19/h2-17H,1H3,(H,27,28). The quantitative estimate of drug-likeness (QED) is 0.512. The second-order valence-corrected chi connectivity index (χ2v) is 6.50. The number of para-hydroxylation sites is 1. The lowest BCUT2D eigenvalue weighted by atomic mass is 9.94. The molecule has 0 spiro atoms. The van der Waals surface area contributed by atoms with Crippen molar-refractivity contribution in [1.29, 1.82) is 0 Å². The zero-order chi connectivity index (χ0) is 20.1. The lowest BCUT2D eigenvalue weighted by Crippen LogP contribution is -2.14. The summed E-state index contributed by atoms with van der Waals surface area (Å²) in [5.74, 6) is 0.687. The molecule has 0 unspecified atom stereocenters. The SMILES string of the molecule is COc1ccccc1-c1c(-c2ccccc2)n[nH]c(=O)c1C=Cc1ccccc1. The Morgan fingerprint density at radius 1 is 0.828 bits per heavy atom. The Morgan fingerprint density at radius 2 is 1.48 bits per heavy atom. The summed E-state index contributed by atoms with van der Waals surface area (Å²) in [5, 5.41) is 7.04. The summed E-state index contributed by atoms with van der Waals surface area (Å²) in [6.45, 7) is 0. The molecule has 0 radical (unpaired) electrons. The normalized spacial score (nSPS) is 10.9. The molecule has 1 heterocycles. The second kappa shape index (κ2) is 8.40. The summed E-state index contributed by atoms with van der Waals surface area (Å²) in [6, 6.07) is 27.4. The van der Waals surface area contributed by atoms with Gasteiger partial charge in [-0.2, -0.15) is 5.10 Å². The second-order valence-electron chi connectivity index (χ2n) is 6.50. The first-order valence-corrected chi connectivity index (χ1v) is 9.32. The molecule has 4 heteroatoms. The summed E-state index contributed by atoms with van der Waals surface area (Å²) in [7, 11) is 1.63. The van der Waals surface area contributed by atoms with Gasteiger partial charge in [0.2, 0.25) is 0 Å². The van der Waals surface area contributed by atoms with Crippen LogP contribution < -0.4 is 10.3 Å². The van der Waals surface area contributed by atoms with Gasteiger partial charge in [0.25, 0.3) is 5.56 Å². The number of ether oxygens (including phenoxy) is 1. The molecule has 142 valence electrons. The Bertz CT molecular complexity index is 1200. The summed E-state index contributed by atoms with van der Waals surface area (Å²) in [4.78, 5) is 12.8. The first-order chi connectivity index (χ1) is 14.3. The molecular weight excluding hydrogens is 360 g/mol. The van der Waals surface area contributed by atoms with E-state index in [1.807, 2.05) is 97.1 Å². The summed E-state index contributed by atoms with van der Waals surface area (Å²) in [5.41, 5.74) is 4.46. The highest BCUT2D eigenvalue weighted by atomic mass is 16.5. The van der Waals surface area contributed by atoms with E-state index in [0.29, 0.717) is 17.0 Å². The molecule has 0 fully saturated rings. The predicted molar refractivity (Wildman–Crippen MR) is 118 cm³/mol. The summed E-state index contributed by atoms with van der Waals surface area (Å²) in [6.07, 6.45) is 3.77. The van der Waals surface area contributed by atoms with E-state index < -0.39 is 0 Å². The van der Waals surface area contributed by atoms with E-state index in [4.69, 9.17) is 4.74 Å². The Labute approximate surface area is 169 Å². The van der Waals surface area contributed by atoms with Crippen LogP contribution in [-0.2, 0) is 0 Å². The lowest BCUT2D eigenvalue weighted by molar-refractivity contribution is 0.416. The van der Waals surface area contributed by atoms with E-state index in [1.54, 1.807) is 7.11 Å². The van der Waals surface area contributed by atoms with Gasteiger partial charge in [-0.05, 0) is 17.7 Å². The van der Waals surface area contributed by atoms with E-state index in [1.165, 1.54) is 0 Å². The maximum atomic E-state index is 12.8. The largest absolute Gasteiger partial charge is 0.496 e. The van der Waals surface area contributed by atoms with E-state index >= 15 is 0 Å². The van der Waals surface area contributed by atoms with Gasteiger partial charge in [-0.25, -0.2) is 5.10 Å². The molecular formula is C25H20N2O2. The van der Waals surface area contributed by atoms with Crippen LogP contribution in [0, 0.1) is 0 Å². The Balaban J connectivity index is 1.99. The van der Waals surface area contributed by atoms with Crippen LogP contribution in [0.25, 0.3) is 34.5 Å². The third kappa shape index (κ3) is 3.87. The smallest absolute Gasteiger partial charge is 0.272 e. The van der Waals surface area contributed by atoms with Crippen LogP contribution in [0.15, 0.2) is 89.7 Å². The Hall–Kier alpha value is -3.92. The fraction of sp³-hybridized carbons (Fsp3) is 0.0400. The van der Waals surface area contributed by atoms with Gasteiger partial charge in [0.05, 0.1) is 18.4 Å². The summed E-state index contributed by atoms with van der Waals surface area (Å²) < 4.78 is 5.58. The molecule has 0 bridgehead atoms. The number of benzene rings is 3. The molecule has 3 aromatic carbocycles. The Morgan fingerprint density at radius 3 is 2.21 bits per heavy atom. The third-order valence-electron chi connectivity index (χ3n) is 4.69. The van der Waals surface area contributed by atoms with Crippen molar-refractivity contribution in [2.24, 2.45) is 0 Å². The highest BCUT2D eigenvalue weighted by molar-refractivity contribution is 5.91. The molecule has 0 aliphatic rings. The first-order valence-electron chi connectivity index (χ1n) is 9.32. The lowest BCUT2D eigenvalue weighted by Gasteiger charge is -2.14. The molecule has 4 nitrogen and oxygen atoms in total. The van der Waals surface area contributed by atoms with Crippen molar-refractivity contribution >= 4 is 12.2 Å². The highest BCUT2D eigenvalue weighted by Crippen LogP contribution is 2.37. The van der Waals surface area contributed by atoms with Crippen molar-refractivity contribution in [3.05, 3.63) is 106 Å². The van der Waals surface area contributed by atoms with E-state index in [-0.39, 0.29) is 5.56 Å². The predicted octanol–water partition coefficient (Wildman–Crippen LogP) is 5.28. The number of hydrogen-bond donors (Lipinski definition) is 1. The van der Waals surface area contributed by atoms with Crippen molar-refractivity contribution in [2.45, 2.75) is 0 Å². The van der Waals surface area contributed by atoms with Gasteiger partial charge in [-0.1, -0.05) is 84.9 Å². The van der Waals surface area contributed by atoms with Gasteiger partial charge in [-0.3, -0.25) is 4.79 Å². The third-order valence-corrected chi connectivity index (χ3v) is 4.69. The van der Waals surface area contributed by atoms with Crippen LogP contribution in [0.4, 0.5) is 0 Å². The van der Waals surface area contributed by atoms with Gasteiger partial charge < -0.3 is 4.74 Å². The molecule has 4 rings (SSSR count). The molecule has 0 amide bonds. The van der Waals surface area contributed by atoms with E-state index in [2.05, 4.69) is 10.2 Å². The molecule has 29 heavy (non-hydrogen) atoms. The molecule has 1 aromatic heterocycles. The Kier molecular flexibility index (Phi) is 5.34. The van der Waals surface area contributed by atoms with Crippen molar-refractivity contribution < 1.29 is 4.74 Å². The van der Waals surface area contributed by atoms with Crippen molar-refractivity contribution in [3.63, 3.8) is 0 Å². The van der Waals surface area contributed by atoms with Crippen LogP contribution in [-0.4, -0.2) is 17.3 Å². The maximum absolute atomic E-state index is 12.8. The average molecular weight is 380 g/mol. The van der Waals surface area contributed by atoms with Crippen LogP contribution in [0.1, 0.15) is 11.1 Å². The molecule has 0 aliphatic carbocycles. The number of methoxy groups -OCH3 is 1. The van der Waals surface area contributed by atoms with Crippen LogP contribution >= 0.6 is 0 Å². The number of nitrogens with zero attached hydrogens (tertiary/aromatic N) is 1. The van der Waals surface area contributed by atoms with Gasteiger partial charge in [0.1, 0.15) is 5.75 Å². The zero-order valence-electron chi connectivity index (χ0n) is 16.0. The molecule has 1 N–H and O–H groups in total. The number of nitrogens with one attached hydrogen (secondary N) is 1. The molecule has 0 saturated heterocycles. The number of rotatable bonds is 5. The monoisotopic (exact) mass is 380 g/mol. The number of aromatic amines is 1. The number of H-pyrrole nitrogens is 1. The minimum atomic E-state index is -0.252. The van der Waals surface area contributed by atoms with Crippen molar-refractivity contribution in [1.82, 2.24) is 10.2 Å². The van der Waals surface area contributed by atoms with Crippen LogP contribution in [0.5, 0.6) is 5.75 Å². The first kappa shape index (κ1) is 18.4. The van der Waals surface area contributed by atoms with Crippen LogP contribution in [0.2, 0.25) is 0 Å². The average Bonchev–Trinajstić information content (AvgIpc) is 2.79. The molecule has 0 aliphatic heterocycles. The van der Waals surface area contributed by atoms with Gasteiger partial charge in [0, 0.05) is 16.7 Å². The summed E-state index contributed by atoms with van der Waals surface area (Å²) >= 11 is 0. The molecule has 0 saturated carbocycles. The maximum Gasteiger partial charge on any atom is 0.272 e. The number of hydrogen-bond acceptors (Lipinski definition) is 3. The zero-order valence-corrected chi connectivity index (χ0v) is 16.0. The fourth-order valence-electron chi connectivity index (χ4n) is 3.30. The van der Waals surface area contributed by atoms with Crippen molar-refractivity contribution in [2.75, 3.05) is 7.11 Å². The highest BCUT2D eigenvalue weighted by Gasteiger charge is 2.19. The minimum Gasteiger partial charge on any atom is -0.496 e. The van der Waals surface area contributed by atoms with Crippen LogP contribution in [0.3, 0.4) is 0 Å². The number of aromatic nitrogens is 2. The topological polar surface area (TPSA) is 55.0 Å². The van der Waals surface area contributed by atoms with Gasteiger partial charge in [-0.15, -0.1) is 0 Å². The van der Waals surface area contributed by atoms with Gasteiger partial charge in [0.15, 0.2) is 0 Å². The van der Waals surface area contributed by atoms with Crippen molar-refractivity contribution in [3.8, 4) is 28.1 Å². The molecule has 0 atom stereocenters. The molecule has 4 aromatic rings. The minimum absolute atomic E-state index is 0.252. The van der Waals surface area contributed by atoms with E-state index in [0.717, 1.165) is 22.3 Å². The van der Waals surface area contributed by atoms with Gasteiger partial charge >= 0.3 is 0 Å². The fourth-order valence-corrected chi connectivity index (χ4v) is 3.30. The van der Waals surface area contributed by atoms with E-state index in [9.17, 15) is 4.79 Å².